The number of hydrogen-bond acceptors (Lipinski definition) is 6. The van der Waals surface area contributed by atoms with Gasteiger partial charge in [-0.2, -0.15) is 0 Å². The fraction of sp³-hybridized carbons (Fsp3) is 0.0909. The number of hydrogen-bond donors (Lipinski definition) is 0. The molecule has 2 aromatic carbocycles. The average Bonchev–Trinajstić information content (AvgIpc) is 3.40. The fourth-order valence-corrected chi connectivity index (χ4v) is 4.96. The minimum Gasteiger partial charge on any atom is -0.270 e. The summed E-state index contributed by atoms with van der Waals surface area (Å²) in [6.45, 7) is 2.05. The number of halogens is 1. The maximum atomic E-state index is 12.3. The zero-order chi connectivity index (χ0) is 21.4. The van der Waals surface area contributed by atoms with E-state index in [9.17, 15) is 4.79 Å². The fourth-order valence-electron chi connectivity index (χ4n) is 3.25. The Labute approximate surface area is 191 Å². The molecule has 0 N–H and O–H groups in total. The molecule has 0 aliphatic heterocycles. The summed E-state index contributed by atoms with van der Waals surface area (Å²) in [7, 11) is 0. The van der Waals surface area contributed by atoms with Crippen molar-refractivity contribution in [3.8, 4) is 17.1 Å². The third kappa shape index (κ3) is 4.01. The third-order valence-corrected chi connectivity index (χ3v) is 6.67. The molecule has 0 saturated heterocycles. The van der Waals surface area contributed by atoms with Crippen molar-refractivity contribution in [3.63, 3.8) is 0 Å². The van der Waals surface area contributed by atoms with E-state index in [4.69, 9.17) is 11.6 Å². The highest BCUT2D eigenvalue weighted by Gasteiger charge is 2.17. The summed E-state index contributed by atoms with van der Waals surface area (Å²) in [5.41, 5.74) is 3.66. The van der Waals surface area contributed by atoms with Gasteiger partial charge in [0.15, 0.2) is 15.9 Å². The highest BCUT2D eigenvalue weighted by molar-refractivity contribution is 7.98. The molecule has 3 aromatic heterocycles. The summed E-state index contributed by atoms with van der Waals surface area (Å²) in [6, 6.07) is 17.3. The van der Waals surface area contributed by atoms with Crippen molar-refractivity contribution in [2.75, 3.05) is 0 Å². The highest BCUT2D eigenvalue weighted by Crippen LogP contribution is 2.30. The first kappa shape index (κ1) is 20.0. The minimum absolute atomic E-state index is 0.0798. The summed E-state index contributed by atoms with van der Waals surface area (Å²) in [6.07, 6.45) is 1.74. The van der Waals surface area contributed by atoms with E-state index in [1.807, 2.05) is 46.3 Å². The van der Waals surface area contributed by atoms with Gasteiger partial charge in [0.25, 0.3) is 5.56 Å². The number of nitrogens with zero attached hydrogens (tertiary/aromatic N) is 5. The Balaban J connectivity index is 1.54. The Morgan fingerprint density at radius 2 is 1.94 bits per heavy atom. The Morgan fingerprint density at radius 3 is 2.74 bits per heavy atom. The summed E-state index contributed by atoms with van der Waals surface area (Å²) in [4.78, 5) is 17.6. The first-order valence-electron chi connectivity index (χ1n) is 9.45. The molecule has 3 heterocycles. The quantitative estimate of drug-likeness (QED) is 0.331. The van der Waals surface area contributed by atoms with E-state index < -0.39 is 0 Å². The molecule has 31 heavy (non-hydrogen) atoms. The van der Waals surface area contributed by atoms with Gasteiger partial charge in [-0.3, -0.25) is 13.8 Å². The lowest BCUT2D eigenvalue weighted by Crippen LogP contribution is -2.12. The molecule has 0 aliphatic carbocycles. The van der Waals surface area contributed by atoms with Crippen LogP contribution in [0.3, 0.4) is 0 Å². The smallest absolute Gasteiger partial charge is 0.258 e. The van der Waals surface area contributed by atoms with Crippen LogP contribution in [0, 0.1) is 6.92 Å². The van der Waals surface area contributed by atoms with Crippen molar-refractivity contribution >= 4 is 39.7 Å². The normalized spacial score (nSPS) is 11.3. The third-order valence-electron chi connectivity index (χ3n) is 4.70. The van der Waals surface area contributed by atoms with Crippen LogP contribution >= 0.6 is 34.7 Å². The molecule has 9 heteroatoms. The first-order valence-corrected chi connectivity index (χ1v) is 11.7. The van der Waals surface area contributed by atoms with Crippen molar-refractivity contribution < 1.29 is 0 Å². The maximum absolute atomic E-state index is 12.3. The number of benzene rings is 2. The molecule has 0 amide bonds. The van der Waals surface area contributed by atoms with Crippen LogP contribution in [-0.4, -0.2) is 24.1 Å². The van der Waals surface area contributed by atoms with E-state index in [0.717, 1.165) is 27.8 Å². The van der Waals surface area contributed by atoms with Gasteiger partial charge in [-0.25, -0.2) is 4.98 Å². The summed E-state index contributed by atoms with van der Waals surface area (Å²) in [5, 5.41) is 12.2. The lowest BCUT2D eigenvalue weighted by molar-refractivity contribution is 0.884. The molecule has 0 aliphatic rings. The van der Waals surface area contributed by atoms with Crippen molar-refractivity contribution in [1.82, 2.24) is 24.1 Å². The van der Waals surface area contributed by atoms with E-state index in [-0.39, 0.29) is 5.56 Å². The van der Waals surface area contributed by atoms with Gasteiger partial charge < -0.3 is 0 Å². The highest BCUT2D eigenvalue weighted by atomic mass is 35.5. The Kier molecular flexibility index (Phi) is 5.35. The molecular weight excluding hydrogens is 450 g/mol. The van der Waals surface area contributed by atoms with Gasteiger partial charge in [-0.15, -0.1) is 21.5 Å². The molecule has 5 rings (SSSR count). The molecule has 6 nitrogen and oxygen atoms in total. The van der Waals surface area contributed by atoms with E-state index in [1.165, 1.54) is 23.1 Å². The number of fused-ring (bicyclic) bond motifs is 1. The molecule has 0 atom stereocenters. The molecule has 0 radical (unpaired) electrons. The molecule has 5 aromatic rings. The second kappa shape index (κ2) is 8.30. The summed E-state index contributed by atoms with van der Waals surface area (Å²) in [5.74, 6) is 1.24. The van der Waals surface area contributed by atoms with Crippen molar-refractivity contribution in [2.24, 2.45) is 0 Å². The van der Waals surface area contributed by atoms with Gasteiger partial charge in [-0.1, -0.05) is 35.5 Å². The molecule has 0 bridgehead atoms. The van der Waals surface area contributed by atoms with Gasteiger partial charge >= 0.3 is 0 Å². The van der Waals surface area contributed by atoms with Crippen molar-refractivity contribution in [3.05, 3.63) is 92.8 Å². The topological polar surface area (TPSA) is 65.1 Å². The van der Waals surface area contributed by atoms with Crippen LogP contribution in [0.2, 0.25) is 5.02 Å². The molecule has 0 saturated carbocycles. The SMILES string of the molecule is Cc1cccc(-n2c(SCc3cc(=O)n4ccsc4n3)nnc2-c2ccc(Cl)cc2)c1. The van der Waals surface area contributed by atoms with Crippen LogP contribution in [-0.2, 0) is 5.75 Å². The van der Waals surface area contributed by atoms with E-state index in [1.54, 1.807) is 16.7 Å². The average molecular weight is 466 g/mol. The van der Waals surface area contributed by atoms with Crippen LogP contribution in [0.5, 0.6) is 0 Å². The monoisotopic (exact) mass is 465 g/mol. The molecular formula is C22H16ClN5OS2. The van der Waals surface area contributed by atoms with Gasteiger partial charge in [-0.05, 0) is 48.9 Å². The minimum atomic E-state index is -0.0798. The van der Waals surface area contributed by atoms with Gasteiger partial charge in [0.05, 0.1) is 5.69 Å². The second-order valence-electron chi connectivity index (χ2n) is 6.92. The number of thioether (sulfide) groups is 1. The zero-order valence-corrected chi connectivity index (χ0v) is 18.8. The van der Waals surface area contributed by atoms with Crippen LogP contribution in [0.25, 0.3) is 22.0 Å². The zero-order valence-electron chi connectivity index (χ0n) is 16.4. The largest absolute Gasteiger partial charge is 0.270 e. The van der Waals surface area contributed by atoms with Crippen molar-refractivity contribution in [1.29, 1.82) is 0 Å². The Bertz CT molecular complexity index is 1440. The van der Waals surface area contributed by atoms with Gasteiger partial charge in [0, 0.05) is 39.7 Å². The molecule has 0 unspecified atom stereocenters. The van der Waals surface area contributed by atoms with Crippen LogP contribution < -0.4 is 5.56 Å². The standard InChI is InChI=1S/C22H16ClN5OS2/c1-14-3-2-4-18(11-14)28-20(15-5-7-16(23)8-6-15)25-26-22(28)31-13-17-12-19(29)27-9-10-30-21(27)24-17/h2-12H,13H2,1H3. The molecule has 0 spiro atoms. The summed E-state index contributed by atoms with van der Waals surface area (Å²) < 4.78 is 3.57. The van der Waals surface area contributed by atoms with Crippen LogP contribution in [0.4, 0.5) is 0 Å². The number of aryl methyl sites for hydroxylation is 1. The second-order valence-corrected chi connectivity index (χ2v) is 9.17. The van der Waals surface area contributed by atoms with Crippen LogP contribution in [0.15, 0.2) is 76.1 Å². The number of rotatable bonds is 5. The summed E-state index contributed by atoms with van der Waals surface area (Å²) >= 11 is 9.00. The number of thiazole rings is 1. The predicted molar refractivity (Wildman–Crippen MR) is 125 cm³/mol. The van der Waals surface area contributed by atoms with Crippen molar-refractivity contribution in [2.45, 2.75) is 17.8 Å². The van der Waals surface area contributed by atoms with Crippen LogP contribution in [0.1, 0.15) is 11.3 Å². The first-order chi connectivity index (χ1) is 15.1. The van der Waals surface area contributed by atoms with E-state index in [2.05, 4.69) is 34.2 Å². The van der Waals surface area contributed by atoms with E-state index >= 15 is 0 Å². The number of aromatic nitrogens is 5. The lowest BCUT2D eigenvalue weighted by atomic mass is 10.2. The Hall–Kier alpha value is -2.94. The lowest BCUT2D eigenvalue weighted by Gasteiger charge is -2.11. The van der Waals surface area contributed by atoms with E-state index in [0.29, 0.717) is 21.4 Å². The molecule has 0 fully saturated rings. The predicted octanol–water partition coefficient (Wildman–Crippen LogP) is 5.26. The molecule has 154 valence electrons. The van der Waals surface area contributed by atoms with Gasteiger partial charge in [0.1, 0.15) is 0 Å². The van der Waals surface area contributed by atoms with Gasteiger partial charge in [0.2, 0.25) is 0 Å². The Morgan fingerprint density at radius 1 is 1.10 bits per heavy atom. The maximum Gasteiger partial charge on any atom is 0.258 e.